The van der Waals surface area contributed by atoms with Crippen molar-refractivity contribution in [1.29, 1.82) is 0 Å². The molecule has 0 aliphatic carbocycles. The quantitative estimate of drug-likeness (QED) is 0.776. The van der Waals surface area contributed by atoms with Gasteiger partial charge >= 0.3 is 0 Å². The minimum Gasteiger partial charge on any atom is -0.365 e. The van der Waals surface area contributed by atoms with E-state index in [4.69, 9.17) is 0 Å². The van der Waals surface area contributed by atoms with Crippen LogP contribution < -0.4 is 5.32 Å². The fraction of sp³-hybridized carbons (Fsp3) is 0.294. The minimum atomic E-state index is -0.254. The van der Waals surface area contributed by atoms with Gasteiger partial charge in [0.25, 0.3) is 0 Å². The Bertz CT molecular complexity index is 813. The highest BCUT2D eigenvalue weighted by Crippen LogP contribution is 2.30. The van der Waals surface area contributed by atoms with E-state index in [0.29, 0.717) is 0 Å². The van der Waals surface area contributed by atoms with Crippen LogP contribution in [0.15, 0.2) is 36.7 Å². The monoisotopic (exact) mass is 298 g/mol. The van der Waals surface area contributed by atoms with E-state index in [9.17, 15) is 4.39 Å². The number of aryl methyl sites for hydroxylation is 1. The summed E-state index contributed by atoms with van der Waals surface area (Å²) in [5, 5.41) is 3.49. The van der Waals surface area contributed by atoms with Gasteiger partial charge in [-0.25, -0.2) is 9.37 Å². The van der Waals surface area contributed by atoms with E-state index < -0.39 is 0 Å². The second-order valence-corrected chi connectivity index (χ2v) is 6.45. The average molecular weight is 298 g/mol. The Kier molecular flexibility index (Phi) is 3.35. The van der Waals surface area contributed by atoms with Crippen molar-refractivity contribution in [3.05, 3.63) is 48.2 Å². The Morgan fingerprint density at radius 2 is 1.82 bits per heavy atom. The Labute approximate surface area is 129 Å². The molecule has 5 heteroatoms. The maximum atomic E-state index is 13.2. The molecule has 1 aromatic carbocycles. The van der Waals surface area contributed by atoms with Crippen molar-refractivity contribution in [2.45, 2.75) is 33.2 Å². The molecule has 114 valence electrons. The molecule has 2 aromatic heterocycles. The van der Waals surface area contributed by atoms with Crippen LogP contribution in [0, 0.1) is 12.7 Å². The minimum absolute atomic E-state index is 0.123. The molecule has 0 saturated carbocycles. The number of nitrogens with zero attached hydrogens (tertiary/aromatic N) is 3. The molecule has 0 aliphatic rings. The van der Waals surface area contributed by atoms with Gasteiger partial charge in [0.1, 0.15) is 17.3 Å². The van der Waals surface area contributed by atoms with Gasteiger partial charge in [-0.1, -0.05) is 0 Å². The number of rotatable bonds is 2. The van der Waals surface area contributed by atoms with Crippen LogP contribution in [-0.2, 0) is 0 Å². The van der Waals surface area contributed by atoms with Crippen molar-refractivity contribution < 1.29 is 4.39 Å². The van der Waals surface area contributed by atoms with Crippen LogP contribution in [0.3, 0.4) is 0 Å². The highest BCUT2D eigenvalue weighted by atomic mass is 19.1. The summed E-state index contributed by atoms with van der Waals surface area (Å²) < 4.78 is 15.2. The summed E-state index contributed by atoms with van der Waals surface area (Å²) in [4.78, 5) is 8.95. The van der Waals surface area contributed by atoms with Gasteiger partial charge < -0.3 is 5.32 Å². The first-order valence-corrected chi connectivity index (χ1v) is 7.22. The van der Waals surface area contributed by atoms with Gasteiger partial charge in [0.2, 0.25) is 0 Å². The third-order valence-corrected chi connectivity index (χ3v) is 3.25. The zero-order valence-electron chi connectivity index (χ0n) is 13.2. The molecular formula is C17H19FN4. The van der Waals surface area contributed by atoms with E-state index in [1.165, 1.54) is 12.1 Å². The van der Waals surface area contributed by atoms with Crippen molar-refractivity contribution in [3.8, 4) is 11.3 Å². The standard InChI is InChI=1S/C17H19FN4/c1-11-10-22-14(9-19-11)20-15(16(22)21-17(2,3)4)12-5-7-13(18)8-6-12/h5-10,21H,1-4H3. The fourth-order valence-electron chi connectivity index (χ4n) is 2.34. The highest BCUT2D eigenvalue weighted by Gasteiger charge is 2.19. The fourth-order valence-corrected chi connectivity index (χ4v) is 2.34. The molecule has 0 spiro atoms. The van der Waals surface area contributed by atoms with Crippen LogP contribution in [0.5, 0.6) is 0 Å². The van der Waals surface area contributed by atoms with E-state index in [-0.39, 0.29) is 11.4 Å². The van der Waals surface area contributed by atoms with E-state index >= 15 is 0 Å². The topological polar surface area (TPSA) is 42.2 Å². The van der Waals surface area contributed by atoms with Crippen molar-refractivity contribution >= 4 is 11.5 Å². The predicted molar refractivity (Wildman–Crippen MR) is 86.5 cm³/mol. The van der Waals surface area contributed by atoms with Gasteiger partial charge in [-0.3, -0.25) is 9.38 Å². The molecule has 0 bridgehead atoms. The molecular weight excluding hydrogens is 279 g/mol. The summed E-state index contributed by atoms with van der Waals surface area (Å²) in [5.41, 5.74) is 3.21. The number of halogens is 1. The lowest BCUT2D eigenvalue weighted by Crippen LogP contribution is -2.27. The maximum Gasteiger partial charge on any atom is 0.157 e. The van der Waals surface area contributed by atoms with Crippen LogP contribution in [0.4, 0.5) is 10.2 Å². The Morgan fingerprint density at radius 1 is 1.14 bits per heavy atom. The summed E-state index contributed by atoms with van der Waals surface area (Å²) >= 11 is 0. The van der Waals surface area contributed by atoms with Crippen molar-refractivity contribution in [2.75, 3.05) is 5.32 Å². The lowest BCUT2D eigenvalue weighted by Gasteiger charge is -2.22. The Balaban J connectivity index is 2.23. The maximum absolute atomic E-state index is 13.2. The second-order valence-electron chi connectivity index (χ2n) is 6.45. The number of fused-ring (bicyclic) bond motifs is 1. The first-order chi connectivity index (χ1) is 10.3. The van der Waals surface area contributed by atoms with E-state index in [2.05, 4.69) is 36.1 Å². The molecule has 1 N–H and O–H groups in total. The van der Waals surface area contributed by atoms with E-state index in [1.54, 1.807) is 18.3 Å². The summed E-state index contributed by atoms with van der Waals surface area (Å²) in [6.45, 7) is 8.22. The molecule has 3 aromatic rings. The second kappa shape index (κ2) is 5.09. The van der Waals surface area contributed by atoms with Gasteiger partial charge in [-0.15, -0.1) is 0 Å². The molecule has 0 saturated heterocycles. The zero-order chi connectivity index (χ0) is 15.9. The molecule has 3 rings (SSSR count). The summed E-state index contributed by atoms with van der Waals surface area (Å²) in [6.07, 6.45) is 3.69. The smallest absolute Gasteiger partial charge is 0.157 e. The third-order valence-electron chi connectivity index (χ3n) is 3.25. The first kappa shape index (κ1) is 14.5. The van der Waals surface area contributed by atoms with Crippen molar-refractivity contribution in [3.63, 3.8) is 0 Å². The van der Waals surface area contributed by atoms with Crippen LogP contribution in [0.25, 0.3) is 16.9 Å². The number of aromatic nitrogens is 3. The average Bonchev–Trinajstić information content (AvgIpc) is 2.76. The Morgan fingerprint density at radius 3 is 2.45 bits per heavy atom. The van der Waals surface area contributed by atoms with Crippen LogP contribution >= 0.6 is 0 Å². The molecule has 0 atom stereocenters. The van der Waals surface area contributed by atoms with Crippen LogP contribution in [-0.4, -0.2) is 19.9 Å². The largest absolute Gasteiger partial charge is 0.365 e. The van der Waals surface area contributed by atoms with Gasteiger partial charge in [-0.2, -0.15) is 0 Å². The lowest BCUT2D eigenvalue weighted by molar-refractivity contribution is 0.627. The van der Waals surface area contributed by atoms with Gasteiger partial charge in [0.05, 0.1) is 11.9 Å². The van der Waals surface area contributed by atoms with Crippen molar-refractivity contribution in [2.24, 2.45) is 0 Å². The summed E-state index contributed by atoms with van der Waals surface area (Å²) in [6, 6.07) is 6.38. The molecule has 4 nitrogen and oxygen atoms in total. The van der Waals surface area contributed by atoms with Crippen LogP contribution in [0.2, 0.25) is 0 Å². The van der Waals surface area contributed by atoms with Crippen molar-refractivity contribution in [1.82, 2.24) is 14.4 Å². The molecule has 0 fully saturated rings. The van der Waals surface area contributed by atoms with Crippen LogP contribution in [0.1, 0.15) is 26.5 Å². The number of hydrogen-bond acceptors (Lipinski definition) is 3. The lowest BCUT2D eigenvalue weighted by atomic mass is 10.1. The molecule has 0 radical (unpaired) electrons. The SMILES string of the molecule is Cc1cn2c(NC(C)(C)C)c(-c3ccc(F)cc3)nc2cn1. The molecule has 0 aliphatic heterocycles. The van der Waals surface area contributed by atoms with Gasteiger partial charge in [-0.05, 0) is 52.0 Å². The summed E-state index contributed by atoms with van der Waals surface area (Å²) in [7, 11) is 0. The number of hydrogen-bond donors (Lipinski definition) is 1. The molecule has 22 heavy (non-hydrogen) atoms. The molecule has 2 heterocycles. The number of anilines is 1. The normalized spacial score (nSPS) is 11.9. The van der Waals surface area contributed by atoms with E-state index in [0.717, 1.165) is 28.4 Å². The number of nitrogens with one attached hydrogen (secondary N) is 1. The first-order valence-electron chi connectivity index (χ1n) is 7.22. The Hall–Kier alpha value is -2.43. The number of benzene rings is 1. The summed E-state index contributed by atoms with van der Waals surface area (Å²) in [5.74, 6) is 0.634. The predicted octanol–water partition coefficient (Wildman–Crippen LogP) is 4.05. The van der Waals surface area contributed by atoms with Gasteiger partial charge in [0.15, 0.2) is 5.65 Å². The van der Waals surface area contributed by atoms with E-state index in [1.807, 2.05) is 17.5 Å². The molecule has 0 unspecified atom stereocenters. The zero-order valence-corrected chi connectivity index (χ0v) is 13.2. The third kappa shape index (κ3) is 2.79. The van der Waals surface area contributed by atoms with Gasteiger partial charge in [0, 0.05) is 17.3 Å². The number of imidazole rings is 1. The highest BCUT2D eigenvalue weighted by molar-refractivity contribution is 5.76. The molecule has 0 amide bonds.